The van der Waals surface area contributed by atoms with Crippen LogP contribution in [-0.2, 0) is 32.7 Å². The molecule has 4 saturated heterocycles. The molecule has 9 heteroatoms. The lowest BCUT2D eigenvalue weighted by Gasteiger charge is -2.36. The third-order valence-electron chi connectivity index (χ3n) is 5.11. The lowest BCUT2D eigenvalue weighted by molar-refractivity contribution is -0.230. The molecule has 0 aliphatic carbocycles. The third-order valence-corrected chi connectivity index (χ3v) is 7.13. The van der Waals surface area contributed by atoms with E-state index in [0.717, 1.165) is 6.54 Å². The van der Waals surface area contributed by atoms with E-state index >= 15 is 0 Å². The normalized spacial score (nSPS) is 44.1. The topological polar surface area (TPSA) is 67.9 Å². The fraction of sp³-hybridized carbons (Fsp3) is 1.00. The minimum Gasteiger partial charge on any atom is -0.348 e. The molecule has 0 aromatic heterocycles. The van der Waals surface area contributed by atoms with Crippen LogP contribution in [0.15, 0.2) is 0 Å². The largest absolute Gasteiger partial charge is 0.348 e. The van der Waals surface area contributed by atoms with E-state index in [0.29, 0.717) is 13.2 Å². The van der Waals surface area contributed by atoms with Crippen molar-refractivity contribution >= 4 is 8.53 Å². The maximum absolute atomic E-state index is 6.51. The molecule has 0 saturated carbocycles. The third kappa shape index (κ3) is 4.06. The molecule has 156 valence electrons. The summed E-state index contributed by atoms with van der Waals surface area (Å²) in [7, 11) is -1.21. The summed E-state index contributed by atoms with van der Waals surface area (Å²) >= 11 is 0. The van der Waals surface area contributed by atoms with Crippen molar-refractivity contribution in [3.8, 4) is 0 Å². The highest BCUT2D eigenvalue weighted by Gasteiger charge is 2.60. The van der Waals surface area contributed by atoms with Crippen molar-refractivity contribution in [2.75, 3.05) is 19.8 Å². The minimum atomic E-state index is -1.21. The molecule has 8 nitrogen and oxygen atoms in total. The molecule has 0 spiro atoms. The van der Waals surface area contributed by atoms with Gasteiger partial charge < -0.3 is 32.7 Å². The summed E-state index contributed by atoms with van der Waals surface area (Å²) in [5.74, 6) is -1.34. The number of hydrogen-bond donors (Lipinski definition) is 0. The van der Waals surface area contributed by atoms with Crippen LogP contribution in [0.1, 0.15) is 48.5 Å². The molecule has 0 aromatic carbocycles. The molecule has 6 atom stereocenters. The first kappa shape index (κ1) is 20.4. The van der Waals surface area contributed by atoms with Crippen LogP contribution in [0.4, 0.5) is 0 Å². The van der Waals surface area contributed by atoms with Gasteiger partial charge >= 0.3 is 0 Å². The van der Waals surface area contributed by atoms with Gasteiger partial charge in [0.2, 0.25) is 0 Å². The molecule has 1 unspecified atom stereocenters. The molecular weight excluding hydrogens is 373 g/mol. The van der Waals surface area contributed by atoms with Crippen LogP contribution < -0.4 is 0 Å². The highest BCUT2D eigenvalue weighted by Crippen LogP contribution is 2.55. The van der Waals surface area contributed by atoms with E-state index in [-0.39, 0.29) is 30.0 Å². The van der Waals surface area contributed by atoms with Crippen molar-refractivity contribution in [3.05, 3.63) is 0 Å². The molecule has 0 radical (unpaired) electrons. The first-order chi connectivity index (χ1) is 12.5. The van der Waals surface area contributed by atoms with E-state index < -0.39 is 26.4 Å². The Balaban J connectivity index is 1.54. The summed E-state index contributed by atoms with van der Waals surface area (Å²) in [4.78, 5) is 0. The van der Waals surface area contributed by atoms with Crippen molar-refractivity contribution in [1.82, 2.24) is 4.67 Å². The van der Waals surface area contributed by atoms with Crippen molar-refractivity contribution in [2.45, 2.75) is 96.3 Å². The molecule has 27 heavy (non-hydrogen) atoms. The van der Waals surface area contributed by atoms with Gasteiger partial charge in [-0.3, -0.25) is 0 Å². The van der Waals surface area contributed by atoms with Crippen LogP contribution in [-0.4, -0.2) is 72.2 Å². The summed E-state index contributed by atoms with van der Waals surface area (Å²) in [6, 6.07) is 0. The van der Waals surface area contributed by atoms with E-state index in [1.165, 1.54) is 0 Å². The summed E-state index contributed by atoms with van der Waals surface area (Å²) in [6.07, 6.45) is -1.75. The van der Waals surface area contributed by atoms with E-state index in [1.807, 2.05) is 27.7 Å². The molecule has 4 rings (SSSR count). The molecule has 0 amide bonds. The van der Waals surface area contributed by atoms with E-state index in [1.54, 1.807) is 0 Å². The Morgan fingerprint density at radius 2 is 1.74 bits per heavy atom. The fourth-order valence-electron chi connectivity index (χ4n) is 3.93. The van der Waals surface area contributed by atoms with Gasteiger partial charge in [0, 0.05) is 12.1 Å². The Labute approximate surface area is 162 Å². The van der Waals surface area contributed by atoms with Gasteiger partial charge in [-0.1, -0.05) is 0 Å². The van der Waals surface area contributed by atoms with Gasteiger partial charge in [-0.25, -0.2) is 4.67 Å². The first-order valence-corrected chi connectivity index (χ1v) is 10.8. The molecule has 4 aliphatic rings. The highest BCUT2D eigenvalue weighted by atomic mass is 31.2. The SMILES string of the molecule is CC1(C)O[C@H]2O[C@@H]([C@H]3COC(C)(C)O3)[C@@H](OP3OCCN3C(C)(C)C)[C@H]2O1. The molecule has 0 aromatic rings. The van der Waals surface area contributed by atoms with Crippen LogP contribution in [0, 0.1) is 0 Å². The number of rotatable bonds is 3. The Bertz CT molecular complexity index is 566. The zero-order valence-corrected chi connectivity index (χ0v) is 18.2. The number of ether oxygens (including phenoxy) is 5. The maximum Gasteiger partial charge on any atom is 0.259 e. The molecule has 4 heterocycles. The number of nitrogens with zero attached hydrogens (tertiary/aromatic N) is 1. The second-order valence-electron chi connectivity index (χ2n) is 9.37. The Morgan fingerprint density at radius 3 is 2.37 bits per heavy atom. The van der Waals surface area contributed by atoms with Crippen LogP contribution >= 0.6 is 8.53 Å². The zero-order chi connectivity index (χ0) is 19.6. The van der Waals surface area contributed by atoms with E-state index in [2.05, 4.69) is 25.4 Å². The van der Waals surface area contributed by atoms with E-state index in [9.17, 15) is 0 Å². The molecule has 0 N–H and O–H groups in total. The van der Waals surface area contributed by atoms with Gasteiger partial charge in [0.15, 0.2) is 17.9 Å². The maximum atomic E-state index is 6.51. The lowest BCUT2D eigenvalue weighted by Crippen LogP contribution is -2.44. The molecule has 4 fully saturated rings. The van der Waals surface area contributed by atoms with E-state index in [4.69, 9.17) is 32.7 Å². The van der Waals surface area contributed by atoms with Crippen LogP contribution in [0.5, 0.6) is 0 Å². The average Bonchev–Trinajstić information content (AvgIpc) is 3.23. The monoisotopic (exact) mass is 405 g/mol. The lowest BCUT2D eigenvalue weighted by atomic mass is 10.1. The van der Waals surface area contributed by atoms with Crippen molar-refractivity contribution < 1.29 is 32.7 Å². The molecular formula is C18H32NO7P. The predicted octanol–water partition coefficient (Wildman–Crippen LogP) is 2.76. The summed E-state index contributed by atoms with van der Waals surface area (Å²) in [6.45, 7) is 16.0. The van der Waals surface area contributed by atoms with Gasteiger partial charge in [0.1, 0.15) is 24.4 Å². The Morgan fingerprint density at radius 1 is 1.00 bits per heavy atom. The quantitative estimate of drug-likeness (QED) is 0.664. The Kier molecular flexibility index (Phi) is 5.15. The Hall–Kier alpha value is 0.110. The van der Waals surface area contributed by atoms with Crippen LogP contribution in [0.25, 0.3) is 0 Å². The van der Waals surface area contributed by atoms with Crippen LogP contribution in [0.2, 0.25) is 0 Å². The summed E-state index contributed by atoms with van der Waals surface area (Å²) < 4.78 is 44.8. The van der Waals surface area contributed by atoms with Gasteiger partial charge in [-0.2, -0.15) is 0 Å². The van der Waals surface area contributed by atoms with Gasteiger partial charge in [-0.15, -0.1) is 0 Å². The smallest absolute Gasteiger partial charge is 0.259 e. The molecule has 4 aliphatic heterocycles. The summed E-state index contributed by atoms with van der Waals surface area (Å²) in [5, 5.41) is 0. The predicted molar refractivity (Wildman–Crippen MR) is 97.8 cm³/mol. The van der Waals surface area contributed by atoms with Gasteiger partial charge in [0.25, 0.3) is 8.53 Å². The fourth-order valence-corrected chi connectivity index (χ4v) is 5.66. The van der Waals surface area contributed by atoms with Crippen molar-refractivity contribution in [1.29, 1.82) is 0 Å². The van der Waals surface area contributed by atoms with Crippen molar-refractivity contribution in [2.24, 2.45) is 0 Å². The minimum absolute atomic E-state index is 0.0438. The highest BCUT2D eigenvalue weighted by molar-refractivity contribution is 7.44. The van der Waals surface area contributed by atoms with Crippen LogP contribution in [0.3, 0.4) is 0 Å². The molecule has 0 bridgehead atoms. The van der Waals surface area contributed by atoms with Gasteiger partial charge in [0.05, 0.1) is 13.2 Å². The standard InChI is InChI=1S/C18H32NO7P/c1-16(2,3)19-8-9-21-27(19)26-13-12(11-10-20-17(4,5)23-11)22-15-14(13)24-18(6,7)25-15/h11-15H,8-10H2,1-7H3/t11-,12+,13-,14-,15-,27?/m1/s1. The van der Waals surface area contributed by atoms with Gasteiger partial charge in [-0.05, 0) is 48.5 Å². The number of hydrogen-bond acceptors (Lipinski definition) is 8. The number of fused-ring (bicyclic) bond motifs is 1. The zero-order valence-electron chi connectivity index (χ0n) is 17.3. The average molecular weight is 405 g/mol. The first-order valence-electron chi connectivity index (χ1n) is 9.65. The second-order valence-corrected chi connectivity index (χ2v) is 10.8. The summed E-state index contributed by atoms with van der Waals surface area (Å²) in [5.41, 5.74) is -0.0438. The van der Waals surface area contributed by atoms with Crippen molar-refractivity contribution in [3.63, 3.8) is 0 Å². The second kappa shape index (κ2) is 6.83.